The lowest BCUT2D eigenvalue weighted by Crippen LogP contribution is -2.46. The van der Waals surface area contributed by atoms with Gasteiger partial charge in [0.1, 0.15) is 5.75 Å². The maximum Gasteiger partial charge on any atom is 0.409 e. The molecule has 1 aromatic carbocycles. The molecule has 1 heterocycles. The number of carbonyl (C=O) groups is 2. The molecule has 0 spiro atoms. The summed E-state index contributed by atoms with van der Waals surface area (Å²) in [6.45, 7) is 5.47. The first-order valence-corrected chi connectivity index (χ1v) is 8.88. The SMILES string of the molecule is CCOC(=O)N1CCC(NC(=O)CC(C)c2cccc(OC)c2)CC1. The van der Waals surface area contributed by atoms with Gasteiger partial charge in [0.2, 0.25) is 5.91 Å². The van der Waals surface area contributed by atoms with Gasteiger partial charge in [-0.2, -0.15) is 0 Å². The molecule has 1 saturated heterocycles. The van der Waals surface area contributed by atoms with E-state index in [1.807, 2.05) is 31.2 Å². The molecule has 0 aliphatic carbocycles. The van der Waals surface area contributed by atoms with Crippen molar-refractivity contribution in [3.63, 3.8) is 0 Å². The summed E-state index contributed by atoms with van der Waals surface area (Å²) in [5.74, 6) is 0.968. The van der Waals surface area contributed by atoms with Gasteiger partial charge < -0.3 is 19.7 Å². The van der Waals surface area contributed by atoms with Gasteiger partial charge >= 0.3 is 6.09 Å². The molecule has 0 radical (unpaired) electrons. The molecule has 1 atom stereocenters. The lowest BCUT2D eigenvalue weighted by atomic mass is 9.96. The molecular weight excluding hydrogens is 320 g/mol. The van der Waals surface area contributed by atoms with Crippen LogP contribution in [0.3, 0.4) is 0 Å². The zero-order valence-corrected chi connectivity index (χ0v) is 15.3. The summed E-state index contributed by atoms with van der Waals surface area (Å²) in [5, 5.41) is 3.09. The second-order valence-electron chi connectivity index (χ2n) is 6.41. The molecule has 1 N–H and O–H groups in total. The minimum Gasteiger partial charge on any atom is -0.497 e. The van der Waals surface area contributed by atoms with Crippen molar-refractivity contribution >= 4 is 12.0 Å². The largest absolute Gasteiger partial charge is 0.497 e. The molecule has 1 aliphatic rings. The van der Waals surface area contributed by atoms with E-state index in [9.17, 15) is 9.59 Å². The van der Waals surface area contributed by atoms with Gasteiger partial charge in [0.15, 0.2) is 0 Å². The molecule has 1 unspecified atom stereocenters. The third-order valence-corrected chi connectivity index (χ3v) is 4.54. The van der Waals surface area contributed by atoms with Crippen molar-refractivity contribution < 1.29 is 19.1 Å². The number of methoxy groups -OCH3 is 1. The van der Waals surface area contributed by atoms with Crippen LogP contribution >= 0.6 is 0 Å². The third-order valence-electron chi connectivity index (χ3n) is 4.54. The molecule has 138 valence electrons. The molecule has 1 aliphatic heterocycles. The zero-order chi connectivity index (χ0) is 18.2. The lowest BCUT2D eigenvalue weighted by Gasteiger charge is -2.31. The summed E-state index contributed by atoms with van der Waals surface area (Å²) in [5.41, 5.74) is 1.09. The van der Waals surface area contributed by atoms with Gasteiger partial charge in [0.25, 0.3) is 0 Å². The monoisotopic (exact) mass is 348 g/mol. The molecule has 0 bridgehead atoms. The van der Waals surface area contributed by atoms with Gasteiger partial charge in [-0.05, 0) is 43.4 Å². The Morgan fingerprint density at radius 1 is 1.32 bits per heavy atom. The van der Waals surface area contributed by atoms with Gasteiger partial charge in [-0.25, -0.2) is 4.79 Å². The van der Waals surface area contributed by atoms with Crippen LogP contribution in [0.25, 0.3) is 0 Å². The Morgan fingerprint density at radius 3 is 2.68 bits per heavy atom. The number of ether oxygens (including phenoxy) is 2. The summed E-state index contributed by atoms with van der Waals surface area (Å²) in [4.78, 5) is 25.7. The van der Waals surface area contributed by atoms with Crippen LogP contribution < -0.4 is 10.1 Å². The third kappa shape index (κ3) is 5.66. The Labute approximate surface area is 149 Å². The molecule has 1 fully saturated rings. The first-order chi connectivity index (χ1) is 12.0. The van der Waals surface area contributed by atoms with Crippen molar-refractivity contribution in [2.75, 3.05) is 26.8 Å². The normalized spacial score (nSPS) is 16.2. The summed E-state index contributed by atoms with van der Waals surface area (Å²) in [6, 6.07) is 7.94. The van der Waals surface area contributed by atoms with E-state index in [2.05, 4.69) is 5.32 Å². The smallest absolute Gasteiger partial charge is 0.409 e. The van der Waals surface area contributed by atoms with Crippen LogP contribution in [0.15, 0.2) is 24.3 Å². The Hall–Kier alpha value is -2.24. The van der Waals surface area contributed by atoms with Crippen LogP contribution in [0.1, 0.15) is 44.6 Å². The number of rotatable bonds is 6. The maximum atomic E-state index is 12.3. The number of amides is 2. The number of nitrogens with one attached hydrogen (secondary N) is 1. The van der Waals surface area contributed by atoms with Gasteiger partial charge in [0, 0.05) is 25.6 Å². The second-order valence-corrected chi connectivity index (χ2v) is 6.41. The fraction of sp³-hybridized carbons (Fsp3) is 0.579. The Kier molecular flexibility index (Phi) is 7.10. The Bertz CT molecular complexity index is 583. The highest BCUT2D eigenvalue weighted by molar-refractivity contribution is 5.77. The van der Waals surface area contributed by atoms with E-state index in [-0.39, 0.29) is 24.0 Å². The van der Waals surface area contributed by atoms with E-state index in [4.69, 9.17) is 9.47 Å². The van der Waals surface area contributed by atoms with Crippen molar-refractivity contribution in [2.24, 2.45) is 0 Å². The first kappa shape index (κ1) is 19.1. The summed E-state index contributed by atoms with van der Waals surface area (Å²) in [7, 11) is 1.64. The molecule has 6 heteroatoms. The van der Waals surface area contributed by atoms with Crippen molar-refractivity contribution in [3.05, 3.63) is 29.8 Å². The summed E-state index contributed by atoms with van der Waals surface area (Å²) in [6.07, 6.45) is 1.69. The van der Waals surface area contributed by atoms with Gasteiger partial charge in [0.05, 0.1) is 13.7 Å². The van der Waals surface area contributed by atoms with Gasteiger partial charge in [-0.1, -0.05) is 19.1 Å². The molecule has 6 nitrogen and oxygen atoms in total. The number of benzene rings is 1. The first-order valence-electron chi connectivity index (χ1n) is 8.88. The molecule has 25 heavy (non-hydrogen) atoms. The number of carbonyl (C=O) groups excluding carboxylic acids is 2. The average Bonchev–Trinajstić information content (AvgIpc) is 2.62. The Morgan fingerprint density at radius 2 is 2.04 bits per heavy atom. The van der Waals surface area contributed by atoms with Crippen molar-refractivity contribution in [3.8, 4) is 5.75 Å². The molecule has 0 aromatic heterocycles. The minimum absolute atomic E-state index is 0.0462. The van der Waals surface area contributed by atoms with Crippen LogP contribution in [-0.4, -0.2) is 49.7 Å². The second kappa shape index (κ2) is 9.30. The lowest BCUT2D eigenvalue weighted by molar-refractivity contribution is -0.122. The van der Waals surface area contributed by atoms with Crippen molar-refractivity contribution in [1.82, 2.24) is 10.2 Å². The fourth-order valence-electron chi connectivity index (χ4n) is 3.05. The predicted molar refractivity (Wildman–Crippen MR) is 95.8 cm³/mol. The van der Waals surface area contributed by atoms with Crippen LogP contribution in [0, 0.1) is 0 Å². The van der Waals surface area contributed by atoms with E-state index in [1.165, 1.54) is 0 Å². The number of hydrogen-bond donors (Lipinski definition) is 1. The molecule has 2 rings (SSSR count). The maximum absolute atomic E-state index is 12.3. The minimum atomic E-state index is -0.265. The van der Waals surface area contributed by atoms with E-state index >= 15 is 0 Å². The highest BCUT2D eigenvalue weighted by Gasteiger charge is 2.25. The summed E-state index contributed by atoms with van der Waals surface area (Å²) >= 11 is 0. The number of likely N-dealkylation sites (tertiary alicyclic amines) is 1. The summed E-state index contributed by atoms with van der Waals surface area (Å²) < 4.78 is 10.2. The standard InChI is InChI=1S/C19H28N2O4/c1-4-25-19(23)21-10-8-16(9-11-21)20-18(22)12-14(2)15-6-5-7-17(13-15)24-3/h5-7,13-14,16H,4,8-12H2,1-3H3,(H,20,22). The van der Waals surface area contributed by atoms with Crippen LogP contribution in [0.2, 0.25) is 0 Å². The molecule has 2 amide bonds. The highest BCUT2D eigenvalue weighted by Crippen LogP contribution is 2.23. The highest BCUT2D eigenvalue weighted by atomic mass is 16.6. The molecule has 0 saturated carbocycles. The quantitative estimate of drug-likeness (QED) is 0.858. The van der Waals surface area contributed by atoms with Gasteiger partial charge in [-0.3, -0.25) is 4.79 Å². The molecule has 1 aromatic rings. The van der Waals surface area contributed by atoms with E-state index in [0.29, 0.717) is 26.1 Å². The predicted octanol–water partition coefficient (Wildman–Crippen LogP) is 2.93. The van der Waals surface area contributed by atoms with Crippen molar-refractivity contribution in [2.45, 2.75) is 45.1 Å². The van der Waals surface area contributed by atoms with E-state index in [1.54, 1.807) is 18.9 Å². The van der Waals surface area contributed by atoms with E-state index < -0.39 is 0 Å². The number of nitrogens with zero attached hydrogens (tertiary/aromatic N) is 1. The number of piperidine rings is 1. The van der Waals surface area contributed by atoms with Crippen LogP contribution in [0.4, 0.5) is 4.79 Å². The van der Waals surface area contributed by atoms with Crippen LogP contribution in [0.5, 0.6) is 5.75 Å². The topological polar surface area (TPSA) is 67.9 Å². The van der Waals surface area contributed by atoms with E-state index in [0.717, 1.165) is 24.2 Å². The number of hydrogen-bond acceptors (Lipinski definition) is 4. The zero-order valence-electron chi connectivity index (χ0n) is 15.3. The Balaban J connectivity index is 1.78. The molecular formula is C19H28N2O4. The van der Waals surface area contributed by atoms with Crippen molar-refractivity contribution in [1.29, 1.82) is 0 Å². The van der Waals surface area contributed by atoms with Gasteiger partial charge in [-0.15, -0.1) is 0 Å². The average molecular weight is 348 g/mol. The van der Waals surface area contributed by atoms with Crippen LogP contribution in [-0.2, 0) is 9.53 Å². The fourth-order valence-corrected chi connectivity index (χ4v) is 3.05.